The molecule has 0 aliphatic rings. The van der Waals surface area contributed by atoms with E-state index >= 15 is 0 Å². The molecule has 1 aromatic heterocycles. The Balaban J connectivity index is 1.65. The Labute approximate surface area is 199 Å². The van der Waals surface area contributed by atoms with E-state index in [0.29, 0.717) is 21.7 Å². The Morgan fingerprint density at radius 2 is 2.00 bits per heavy atom. The van der Waals surface area contributed by atoms with Gasteiger partial charge in [0.05, 0.1) is 11.9 Å². The number of hydrazone groups is 1. The van der Waals surface area contributed by atoms with Crippen LogP contribution < -0.4 is 10.7 Å². The van der Waals surface area contributed by atoms with E-state index in [4.69, 9.17) is 5.11 Å². The number of carbonyl (C=O) groups excluding carboxylic acids is 2. The molecule has 0 saturated heterocycles. The van der Waals surface area contributed by atoms with E-state index in [1.807, 2.05) is 25.1 Å². The number of hydrogen-bond acceptors (Lipinski definition) is 6. The van der Waals surface area contributed by atoms with Crippen molar-refractivity contribution in [2.45, 2.75) is 19.1 Å². The third-order valence-electron chi connectivity index (χ3n) is 4.55. The number of thioether (sulfide) groups is 1. The maximum Gasteiger partial charge on any atom is 0.283 e. The van der Waals surface area contributed by atoms with Gasteiger partial charge in [-0.2, -0.15) is 16.9 Å². The smallest absolute Gasteiger partial charge is 0.283 e. The minimum atomic E-state index is -0.468. The zero-order chi connectivity index (χ0) is 23.6. The highest BCUT2D eigenvalue weighted by Gasteiger charge is 2.19. The predicted molar refractivity (Wildman–Crippen MR) is 133 cm³/mol. The third-order valence-corrected chi connectivity index (χ3v) is 6.76. The van der Waals surface area contributed by atoms with Gasteiger partial charge in [0.25, 0.3) is 11.8 Å². The molecular weight excluding hydrogens is 461 g/mol. The zero-order valence-electron chi connectivity index (χ0n) is 18.0. The van der Waals surface area contributed by atoms with Gasteiger partial charge in [-0.05, 0) is 65.4 Å². The van der Waals surface area contributed by atoms with Crippen LogP contribution in [-0.2, 0) is 5.75 Å². The fraction of sp³-hybridized carbons (Fsp3) is 0.208. The molecule has 3 N–H and O–H groups in total. The van der Waals surface area contributed by atoms with Crippen LogP contribution in [0.25, 0.3) is 0 Å². The normalized spacial score (nSPS) is 11.0. The van der Waals surface area contributed by atoms with Gasteiger partial charge in [0.15, 0.2) is 0 Å². The number of aliphatic hydroxyl groups excluding tert-OH is 1. The number of aryl methyl sites for hydroxylation is 1. The molecule has 0 aliphatic heterocycles. The number of anilines is 1. The van der Waals surface area contributed by atoms with Crippen LogP contribution in [0.5, 0.6) is 0 Å². The van der Waals surface area contributed by atoms with E-state index in [9.17, 15) is 14.0 Å². The van der Waals surface area contributed by atoms with Gasteiger partial charge in [0.1, 0.15) is 10.7 Å². The summed E-state index contributed by atoms with van der Waals surface area (Å²) >= 11 is 2.90. The average Bonchev–Trinajstić information content (AvgIpc) is 3.17. The molecule has 3 aromatic rings. The van der Waals surface area contributed by atoms with Crippen LogP contribution in [0.15, 0.2) is 59.0 Å². The number of benzene rings is 2. The monoisotopic (exact) mass is 485 g/mol. The van der Waals surface area contributed by atoms with E-state index in [-0.39, 0.29) is 12.5 Å². The van der Waals surface area contributed by atoms with Crippen LogP contribution in [0.3, 0.4) is 0 Å². The third kappa shape index (κ3) is 7.24. The molecule has 0 unspecified atom stereocenters. The quantitative estimate of drug-likeness (QED) is 0.218. The van der Waals surface area contributed by atoms with Crippen molar-refractivity contribution in [2.75, 3.05) is 17.7 Å². The molecule has 0 bridgehead atoms. The van der Waals surface area contributed by atoms with Crippen molar-refractivity contribution in [1.29, 1.82) is 0 Å². The first-order chi connectivity index (χ1) is 16.0. The van der Waals surface area contributed by atoms with Gasteiger partial charge in [-0.1, -0.05) is 24.3 Å². The molecule has 0 fully saturated rings. The van der Waals surface area contributed by atoms with Crippen LogP contribution >= 0.6 is 23.1 Å². The molecule has 1 heterocycles. The molecule has 0 saturated carbocycles. The number of rotatable bonds is 10. The molecule has 9 heteroatoms. The molecule has 33 heavy (non-hydrogen) atoms. The van der Waals surface area contributed by atoms with Gasteiger partial charge in [-0.25, -0.2) is 9.82 Å². The summed E-state index contributed by atoms with van der Waals surface area (Å²) in [5, 5.41) is 17.4. The fourth-order valence-electron chi connectivity index (χ4n) is 2.91. The summed E-state index contributed by atoms with van der Waals surface area (Å²) in [6, 6.07) is 13.2. The molecule has 0 radical (unpaired) electrons. The summed E-state index contributed by atoms with van der Waals surface area (Å²) in [7, 11) is 0. The second kappa shape index (κ2) is 12.3. The summed E-state index contributed by atoms with van der Waals surface area (Å²) in [4.78, 5) is 25.8. The van der Waals surface area contributed by atoms with E-state index in [1.165, 1.54) is 29.7 Å². The Kier molecular flexibility index (Phi) is 9.17. The van der Waals surface area contributed by atoms with Crippen LogP contribution in [0.4, 0.5) is 10.1 Å². The van der Waals surface area contributed by atoms with Gasteiger partial charge in [-0.3, -0.25) is 9.59 Å². The molecule has 0 aliphatic carbocycles. The Morgan fingerprint density at radius 1 is 1.18 bits per heavy atom. The van der Waals surface area contributed by atoms with Crippen LogP contribution in [-0.4, -0.2) is 35.5 Å². The van der Waals surface area contributed by atoms with Crippen molar-refractivity contribution >= 4 is 46.8 Å². The lowest BCUT2D eigenvalue weighted by Crippen LogP contribution is -2.20. The average molecular weight is 486 g/mol. The van der Waals surface area contributed by atoms with Gasteiger partial charge < -0.3 is 10.4 Å². The number of hydrogen-bond donors (Lipinski definition) is 3. The minimum Gasteiger partial charge on any atom is -0.396 e. The Hall–Kier alpha value is -3.01. The Morgan fingerprint density at radius 3 is 2.79 bits per heavy atom. The second-order valence-electron chi connectivity index (χ2n) is 7.16. The molecule has 2 aromatic carbocycles. The standard InChI is InChI=1S/C24H24FN3O3S2/c1-16-14-33-22(24(31)28-26-13-17-5-3-8-20(25)12-17)21(16)27-23(30)19-7-2-6-18(11-19)15-32-10-4-9-29/h2-3,5-8,11-14,29H,4,9-10,15H2,1H3,(H,27,30)(H,28,31)/b26-13+. The van der Waals surface area contributed by atoms with Gasteiger partial charge in [0, 0.05) is 17.9 Å². The van der Waals surface area contributed by atoms with Crippen molar-refractivity contribution in [1.82, 2.24) is 5.43 Å². The topological polar surface area (TPSA) is 90.8 Å². The van der Waals surface area contributed by atoms with Crippen LogP contribution in [0.1, 0.15) is 43.1 Å². The molecule has 6 nitrogen and oxygen atoms in total. The van der Waals surface area contributed by atoms with Crippen molar-refractivity contribution in [2.24, 2.45) is 5.10 Å². The van der Waals surface area contributed by atoms with Crippen LogP contribution in [0, 0.1) is 12.7 Å². The lowest BCUT2D eigenvalue weighted by molar-refractivity contribution is 0.0960. The maximum absolute atomic E-state index is 13.3. The number of halogens is 1. The summed E-state index contributed by atoms with van der Waals surface area (Å²) in [6.07, 6.45) is 2.09. The number of aliphatic hydroxyl groups is 1. The molecule has 0 spiro atoms. The first-order valence-corrected chi connectivity index (χ1v) is 12.3. The number of amides is 2. The van der Waals surface area contributed by atoms with Gasteiger partial charge in [-0.15, -0.1) is 11.3 Å². The van der Waals surface area contributed by atoms with Crippen molar-refractivity contribution in [3.8, 4) is 0 Å². The number of nitrogens with one attached hydrogen (secondary N) is 2. The number of nitrogens with zero attached hydrogens (tertiary/aromatic N) is 1. The highest BCUT2D eigenvalue weighted by Crippen LogP contribution is 2.28. The first kappa shape index (κ1) is 24.6. The summed E-state index contributed by atoms with van der Waals surface area (Å²) < 4.78 is 13.3. The number of carbonyl (C=O) groups is 2. The van der Waals surface area contributed by atoms with E-state index in [0.717, 1.165) is 29.1 Å². The lowest BCUT2D eigenvalue weighted by Gasteiger charge is -2.09. The fourth-order valence-corrected chi connectivity index (χ4v) is 4.70. The van der Waals surface area contributed by atoms with Gasteiger partial charge >= 0.3 is 0 Å². The Bertz CT molecular complexity index is 1150. The van der Waals surface area contributed by atoms with Crippen molar-refractivity contribution in [3.63, 3.8) is 0 Å². The highest BCUT2D eigenvalue weighted by molar-refractivity contribution is 7.98. The first-order valence-electron chi connectivity index (χ1n) is 10.2. The molecular formula is C24H24FN3O3S2. The molecule has 0 atom stereocenters. The highest BCUT2D eigenvalue weighted by atomic mass is 32.2. The number of thiophene rings is 1. The van der Waals surface area contributed by atoms with E-state index < -0.39 is 11.7 Å². The maximum atomic E-state index is 13.3. The predicted octanol–water partition coefficient (Wildman–Crippen LogP) is 4.83. The van der Waals surface area contributed by atoms with E-state index in [1.54, 1.807) is 35.3 Å². The lowest BCUT2D eigenvalue weighted by atomic mass is 10.1. The molecule has 2 amide bonds. The van der Waals surface area contributed by atoms with Crippen LogP contribution in [0.2, 0.25) is 0 Å². The van der Waals surface area contributed by atoms with Crippen molar-refractivity contribution < 1.29 is 19.1 Å². The molecule has 172 valence electrons. The summed E-state index contributed by atoms with van der Waals surface area (Å²) in [5.41, 5.74) is 5.65. The SMILES string of the molecule is Cc1csc(C(=O)N/N=C/c2cccc(F)c2)c1NC(=O)c1cccc(CSCCCO)c1. The minimum absolute atomic E-state index is 0.168. The van der Waals surface area contributed by atoms with Crippen molar-refractivity contribution in [3.05, 3.63) is 86.9 Å². The largest absolute Gasteiger partial charge is 0.396 e. The zero-order valence-corrected chi connectivity index (χ0v) is 19.6. The summed E-state index contributed by atoms with van der Waals surface area (Å²) in [6.45, 7) is 1.98. The second-order valence-corrected chi connectivity index (χ2v) is 9.15. The molecule has 3 rings (SSSR count). The van der Waals surface area contributed by atoms with E-state index in [2.05, 4.69) is 15.8 Å². The summed E-state index contributed by atoms with van der Waals surface area (Å²) in [5.74, 6) is 0.426. The van der Waals surface area contributed by atoms with Gasteiger partial charge in [0.2, 0.25) is 0 Å².